The second-order valence-corrected chi connectivity index (χ2v) is 5.61. The summed E-state index contributed by atoms with van der Waals surface area (Å²) < 4.78 is 16.0. The van der Waals surface area contributed by atoms with E-state index in [4.69, 9.17) is 5.11 Å². The first-order chi connectivity index (χ1) is 11.2. The van der Waals surface area contributed by atoms with Gasteiger partial charge in [0.05, 0.1) is 12.3 Å². The average Bonchev–Trinajstić information content (AvgIpc) is 3.09. The monoisotopic (exact) mass is 317 g/mol. The smallest absolute Gasteiger partial charge is 0.254 e. The van der Waals surface area contributed by atoms with Gasteiger partial charge in [-0.15, -0.1) is 0 Å². The summed E-state index contributed by atoms with van der Waals surface area (Å²) >= 11 is 0. The lowest BCUT2D eigenvalue weighted by molar-refractivity contribution is 0.0614. The molecule has 1 fully saturated rings. The molecule has 122 valence electrons. The zero-order valence-corrected chi connectivity index (χ0v) is 12.9. The quantitative estimate of drug-likeness (QED) is 0.926. The number of carbonyl (C=O) groups excluding carboxylic acids is 1. The maximum atomic E-state index is 14.3. The number of hydrogen-bond acceptors (Lipinski definition) is 3. The summed E-state index contributed by atoms with van der Waals surface area (Å²) in [5.41, 5.74) is 0.799. The molecule has 1 N–H and O–H groups in total. The van der Waals surface area contributed by atoms with Crippen molar-refractivity contribution in [3.8, 4) is 5.69 Å². The number of hydrogen-bond donors (Lipinski definition) is 1. The van der Waals surface area contributed by atoms with E-state index in [1.165, 1.54) is 6.07 Å². The molecule has 2 heterocycles. The van der Waals surface area contributed by atoms with Crippen LogP contribution in [0.5, 0.6) is 0 Å². The molecule has 1 amide bonds. The third kappa shape index (κ3) is 3.43. The minimum absolute atomic E-state index is 0.125. The lowest BCUT2D eigenvalue weighted by Crippen LogP contribution is -2.49. The van der Waals surface area contributed by atoms with Crippen molar-refractivity contribution in [3.63, 3.8) is 0 Å². The van der Waals surface area contributed by atoms with Gasteiger partial charge in [0.15, 0.2) is 0 Å². The Balaban J connectivity index is 1.70. The Morgan fingerprint density at radius 2 is 1.83 bits per heavy atom. The van der Waals surface area contributed by atoms with Crippen molar-refractivity contribution in [3.05, 3.63) is 54.1 Å². The highest BCUT2D eigenvalue weighted by Gasteiger charge is 2.22. The zero-order valence-electron chi connectivity index (χ0n) is 12.9. The number of aliphatic hydroxyl groups excluding tert-OH is 1. The van der Waals surface area contributed by atoms with Gasteiger partial charge in [-0.2, -0.15) is 0 Å². The number of aliphatic hydroxyl groups is 1. The second kappa shape index (κ2) is 6.93. The first-order valence-corrected chi connectivity index (χ1v) is 7.74. The Morgan fingerprint density at radius 1 is 1.13 bits per heavy atom. The fraction of sp³-hybridized carbons (Fsp3) is 0.353. The van der Waals surface area contributed by atoms with E-state index in [1.807, 2.05) is 12.1 Å². The van der Waals surface area contributed by atoms with Crippen LogP contribution in [0.2, 0.25) is 0 Å². The summed E-state index contributed by atoms with van der Waals surface area (Å²) in [6, 6.07) is 8.25. The van der Waals surface area contributed by atoms with Crippen LogP contribution in [0, 0.1) is 5.82 Å². The number of halogens is 1. The van der Waals surface area contributed by atoms with Crippen LogP contribution in [0.1, 0.15) is 10.4 Å². The number of piperazine rings is 1. The molecule has 1 aromatic carbocycles. The molecule has 0 atom stereocenters. The van der Waals surface area contributed by atoms with Crippen LogP contribution in [0.3, 0.4) is 0 Å². The predicted octanol–water partition coefficient (Wildman–Crippen LogP) is 1.37. The van der Waals surface area contributed by atoms with Gasteiger partial charge in [0.1, 0.15) is 5.82 Å². The average molecular weight is 317 g/mol. The van der Waals surface area contributed by atoms with Crippen LogP contribution in [0.4, 0.5) is 4.39 Å². The number of amides is 1. The molecule has 0 aliphatic carbocycles. The zero-order chi connectivity index (χ0) is 16.2. The first-order valence-electron chi connectivity index (χ1n) is 7.74. The SMILES string of the molecule is O=C(c1ccc(-n2cccc2)c(F)c1)N1CCN(CCO)CC1. The molecule has 6 heteroatoms. The predicted molar refractivity (Wildman–Crippen MR) is 85.2 cm³/mol. The number of nitrogens with zero attached hydrogens (tertiary/aromatic N) is 3. The normalized spacial score (nSPS) is 15.8. The van der Waals surface area contributed by atoms with Gasteiger partial charge in [0.2, 0.25) is 0 Å². The molecule has 0 unspecified atom stereocenters. The van der Waals surface area contributed by atoms with Gasteiger partial charge >= 0.3 is 0 Å². The van der Waals surface area contributed by atoms with Gasteiger partial charge in [-0.1, -0.05) is 0 Å². The van der Waals surface area contributed by atoms with Crippen LogP contribution in [-0.4, -0.2) is 64.7 Å². The Hall–Kier alpha value is -2.18. The van der Waals surface area contributed by atoms with Gasteiger partial charge in [-0.3, -0.25) is 9.69 Å². The largest absolute Gasteiger partial charge is 0.395 e. The molecule has 5 nitrogen and oxygen atoms in total. The Morgan fingerprint density at radius 3 is 2.43 bits per heavy atom. The van der Waals surface area contributed by atoms with Crippen LogP contribution in [-0.2, 0) is 0 Å². The van der Waals surface area contributed by atoms with E-state index in [0.717, 1.165) is 13.1 Å². The van der Waals surface area contributed by atoms with Crippen molar-refractivity contribution in [2.45, 2.75) is 0 Å². The van der Waals surface area contributed by atoms with Gasteiger partial charge in [0.25, 0.3) is 5.91 Å². The topological polar surface area (TPSA) is 48.7 Å². The lowest BCUT2D eigenvalue weighted by Gasteiger charge is -2.34. The standard InChI is InChI=1S/C17H20FN3O2/c18-15-13-14(3-4-16(15)20-5-1-2-6-20)17(23)21-9-7-19(8-10-21)11-12-22/h1-6,13,22H,7-12H2. The number of carbonyl (C=O) groups is 1. The Bertz CT molecular complexity index is 664. The van der Waals surface area contributed by atoms with Gasteiger partial charge < -0.3 is 14.6 Å². The van der Waals surface area contributed by atoms with Gasteiger partial charge in [-0.05, 0) is 30.3 Å². The fourth-order valence-corrected chi connectivity index (χ4v) is 2.84. The highest BCUT2D eigenvalue weighted by molar-refractivity contribution is 5.94. The van der Waals surface area contributed by atoms with Gasteiger partial charge in [0, 0.05) is 50.7 Å². The summed E-state index contributed by atoms with van der Waals surface area (Å²) in [5, 5.41) is 8.94. The van der Waals surface area contributed by atoms with Gasteiger partial charge in [-0.25, -0.2) is 4.39 Å². The van der Waals surface area contributed by atoms with Crippen molar-refractivity contribution in [1.82, 2.24) is 14.4 Å². The molecule has 0 radical (unpaired) electrons. The number of rotatable bonds is 4. The summed E-state index contributed by atoms with van der Waals surface area (Å²) in [4.78, 5) is 16.3. The molecule has 0 spiro atoms. The Kier molecular flexibility index (Phi) is 4.73. The molecule has 3 rings (SSSR count). The summed E-state index contributed by atoms with van der Waals surface area (Å²) in [5.74, 6) is -0.558. The van der Waals surface area contributed by atoms with E-state index in [9.17, 15) is 9.18 Å². The van der Waals surface area contributed by atoms with Crippen molar-refractivity contribution in [2.24, 2.45) is 0 Å². The second-order valence-electron chi connectivity index (χ2n) is 5.61. The molecule has 1 aliphatic heterocycles. The van der Waals surface area contributed by atoms with Crippen LogP contribution >= 0.6 is 0 Å². The fourth-order valence-electron chi connectivity index (χ4n) is 2.84. The van der Waals surface area contributed by atoms with Crippen molar-refractivity contribution >= 4 is 5.91 Å². The molecule has 0 bridgehead atoms. The van der Waals surface area contributed by atoms with E-state index >= 15 is 0 Å². The van der Waals surface area contributed by atoms with E-state index in [0.29, 0.717) is 30.9 Å². The van der Waals surface area contributed by atoms with Crippen molar-refractivity contribution < 1.29 is 14.3 Å². The van der Waals surface area contributed by atoms with Crippen LogP contribution in [0.25, 0.3) is 5.69 Å². The molecule has 1 aliphatic rings. The van der Waals surface area contributed by atoms with E-state index in [1.54, 1.807) is 34.0 Å². The lowest BCUT2D eigenvalue weighted by atomic mass is 10.1. The minimum atomic E-state index is -0.411. The van der Waals surface area contributed by atoms with E-state index < -0.39 is 5.82 Å². The molecule has 0 saturated carbocycles. The van der Waals surface area contributed by atoms with Crippen LogP contribution in [0.15, 0.2) is 42.7 Å². The van der Waals surface area contributed by atoms with Crippen molar-refractivity contribution in [2.75, 3.05) is 39.3 Å². The van der Waals surface area contributed by atoms with Crippen molar-refractivity contribution in [1.29, 1.82) is 0 Å². The maximum absolute atomic E-state index is 14.3. The van der Waals surface area contributed by atoms with E-state index in [-0.39, 0.29) is 12.5 Å². The molecule has 23 heavy (non-hydrogen) atoms. The Labute approximate surface area is 134 Å². The first kappa shape index (κ1) is 15.7. The minimum Gasteiger partial charge on any atom is -0.395 e. The molecule has 1 aromatic heterocycles. The highest BCUT2D eigenvalue weighted by Crippen LogP contribution is 2.17. The molecular formula is C17H20FN3O2. The number of aromatic nitrogens is 1. The van der Waals surface area contributed by atoms with E-state index in [2.05, 4.69) is 4.90 Å². The summed E-state index contributed by atoms with van der Waals surface area (Å²) in [6.07, 6.45) is 3.53. The summed E-state index contributed by atoms with van der Waals surface area (Å²) in [7, 11) is 0. The third-order valence-electron chi connectivity index (χ3n) is 4.15. The summed E-state index contributed by atoms with van der Waals surface area (Å²) in [6.45, 7) is 3.41. The molecule has 2 aromatic rings. The molecular weight excluding hydrogens is 297 g/mol. The van der Waals surface area contributed by atoms with Crippen LogP contribution < -0.4 is 0 Å². The number of β-amino-alcohol motifs (C(OH)–C–C–N with tert-alkyl or cyclic N) is 1. The number of benzene rings is 1. The molecule has 1 saturated heterocycles. The highest BCUT2D eigenvalue weighted by atomic mass is 19.1. The maximum Gasteiger partial charge on any atom is 0.254 e. The third-order valence-corrected chi connectivity index (χ3v) is 4.15.